The highest BCUT2D eigenvalue weighted by Gasteiger charge is 2.15. The minimum atomic E-state index is 0.523. The third-order valence-electron chi connectivity index (χ3n) is 3.27. The molecule has 4 nitrogen and oxygen atoms in total. The van der Waals surface area contributed by atoms with Crippen molar-refractivity contribution in [1.82, 2.24) is 5.32 Å². The number of hydrogen-bond acceptors (Lipinski definition) is 4. The maximum Gasteiger partial charge on any atom is 0.163 e. The number of anilines is 1. The Labute approximate surface area is 115 Å². The van der Waals surface area contributed by atoms with Gasteiger partial charge in [-0.25, -0.2) is 0 Å². The molecule has 2 rings (SSSR count). The summed E-state index contributed by atoms with van der Waals surface area (Å²) in [6, 6.07) is 4.67. The highest BCUT2D eigenvalue weighted by atomic mass is 16.6. The van der Waals surface area contributed by atoms with Crippen molar-refractivity contribution in [2.45, 2.75) is 26.8 Å². The fourth-order valence-electron chi connectivity index (χ4n) is 2.23. The summed E-state index contributed by atoms with van der Waals surface area (Å²) < 4.78 is 11.2. The van der Waals surface area contributed by atoms with Crippen LogP contribution < -0.4 is 19.7 Å². The molecule has 1 heterocycles. The fraction of sp³-hybridized carbons (Fsp3) is 0.600. The molecule has 4 heteroatoms. The average Bonchev–Trinajstić information content (AvgIpc) is 2.37. The van der Waals surface area contributed by atoms with Gasteiger partial charge in [0.05, 0.1) is 0 Å². The smallest absolute Gasteiger partial charge is 0.163 e. The van der Waals surface area contributed by atoms with E-state index in [9.17, 15) is 0 Å². The summed E-state index contributed by atoms with van der Waals surface area (Å²) in [6.45, 7) is 9.65. The Morgan fingerprint density at radius 1 is 1.21 bits per heavy atom. The maximum atomic E-state index is 5.64. The number of nitrogens with zero attached hydrogens (tertiary/aromatic N) is 1. The second-order valence-corrected chi connectivity index (χ2v) is 5.31. The minimum absolute atomic E-state index is 0.523. The molecule has 0 radical (unpaired) electrons. The quantitative estimate of drug-likeness (QED) is 0.884. The second kappa shape index (κ2) is 6.15. The molecule has 1 aliphatic rings. The van der Waals surface area contributed by atoms with E-state index in [2.05, 4.69) is 50.2 Å². The number of rotatable bonds is 5. The van der Waals surface area contributed by atoms with E-state index in [0.29, 0.717) is 19.3 Å². The van der Waals surface area contributed by atoms with E-state index >= 15 is 0 Å². The van der Waals surface area contributed by atoms with Gasteiger partial charge in [0.2, 0.25) is 0 Å². The molecule has 0 atom stereocenters. The van der Waals surface area contributed by atoms with Crippen LogP contribution >= 0.6 is 0 Å². The first-order chi connectivity index (χ1) is 9.08. The summed E-state index contributed by atoms with van der Waals surface area (Å²) in [4.78, 5) is 2.25. The Kier molecular flexibility index (Phi) is 4.53. The van der Waals surface area contributed by atoms with Gasteiger partial charge in [0.25, 0.3) is 0 Å². The lowest BCUT2D eigenvalue weighted by atomic mass is 10.1. The Balaban J connectivity index is 2.06. The van der Waals surface area contributed by atoms with E-state index in [-0.39, 0.29) is 0 Å². The van der Waals surface area contributed by atoms with Gasteiger partial charge in [0, 0.05) is 37.9 Å². The van der Waals surface area contributed by atoms with E-state index < -0.39 is 0 Å². The zero-order chi connectivity index (χ0) is 13.8. The molecule has 0 unspecified atom stereocenters. The second-order valence-electron chi connectivity index (χ2n) is 5.31. The first-order valence-electron chi connectivity index (χ1n) is 6.92. The summed E-state index contributed by atoms with van der Waals surface area (Å²) >= 11 is 0. The van der Waals surface area contributed by atoms with E-state index in [4.69, 9.17) is 9.47 Å². The van der Waals surface area contributed by atoms with Crippen LogP contribution in [0.2, 0.25) is 0 Å². The van der Waals surface area contributed by atoms with Crippen molar-refractivity contribution >= 4 is 5.69 Å². The molecule has 106 valence electrons. The van der Waals surface area contributed by atoms with Gasteiger partial charge in [-0.05, 0) is 18.6 Å². The number of likely N-dealkylation sites (N-methyl/N-ethyl adjacent to an activating group) is 1. The Morgan fingerprint density at radius 3 is 2.47 bits per heavy atom. The molecular weight excluding hydrogens is 240 g/mol. The molecule has 1 aliphatic heterocycles. The summed E-state index contributed by atoms with van der Waals surface area (Å²) in [5.41, 5.74) is 2.42. The van der Waals surface area contributed by atoms with Crippen LogP contribution in [0.5, 0.6) is 11.5 Å². The van der Waals surface area contributed by atoms with Crippen LogP contribution in [0.4, 0.5) is 5.69 Å². The lowest BCUT2D eigenvalue weighted by Crippen LogP contribution is -2.33. The topological polar surface area (TPSA) is 33.7 Å². The number of ether oxygens (including phenoxy) is 2. The summed E-state index contributed by atoms with van der Waals surface area (Å²) in [6.07, 6.45) is 0. The molecule has 0 fully saturated rings. The van der Waals surface area contributed by atoms with Gasteiger partial charge >= 0.3 is 0 Å². The van der Waals surface area contributed by atoms with Crippen molar-refractivity contribution in [2.75, 3.05) is 38.3 Å². The standard InChI is InChI=1S/C15H24N2O2/c1-11(2)16-5-6-17(4)13-10-15-14(9-12(13)3)18-7-8-19-15/h9-11,16H,5-8H2,1-4H3. The van der Waals surface area contributed by atoms with Crippen molar-refractivity contribution < 1.29 is 9.47 Å². The van der Waals surface area contributed by atoms with Gasteiger partial charge in [0.1, 0.15) is 13.2 Å². The van der Waals surface area contributed by atoms with Crippen molar-refractivity contribution in [3.63, 3.8) is 0 Å². The maximum absolute atomic E-state index is 5.64. The van der Waals surface area contributed by atoms with Crippen LogP contribution in [0.15, 0.2) is 12.1 Å². The lowest BCUT2D eigenvalue weighted by molar-refractivity contribution is 0.171. The number of hydrogen-bond donors (Lipinski definition) is 1. The highest BCUT2D eigenvalue weighted by Crippen LogP contribution is 2.36. The molecule has 0 spiro atoms. The van der Waals surface area contributed by atoms with Crippen LogP contribution in [-0.2, 0) is 0 Å². The fourth-order valence-corrected chi connectivity index (χ4v) is 2.23. The Morgan fingerprint density at radius 2 is 1.84 bits per heavy atom. The normalized spacial score (nSPS) is 13.7. The number of fused-ring (bicyclic) bond motifs is 1. The van der Waals surface area contributed by atoms with Crippen molar-refractivity contribution in [1.29, 1.82) is 0 Å². The highest BCUT2D eigenvalue weighted by molar-refractivity contribution is 5.61. The molecule has 1 aromatic rings. The summed E-state index contributed by atoms with van der Waals surface area (Å²) in [5.74, 6) is 1.72. The van der Waals surface area contributed by atoms with Crippen LogP contribution in [-0.4, -0.2) is 39.4 Å². The van der Waals surface area contributed by atoms with E-state index in [0.717, 1.165) is 24.6 Å². The van der Waals surface area contributed by atoms with Gasteiger partial charge in [-0.1, -0.05) is 13.8 Å². The first kappa shape index (κ1) is 14.0. The molecule has 19 heavy (non-hydrogen) atoms. The lowest BCUT2D eigenvalue weighted by Gasteiger charge is -2.26. The third-order valence-corrected chi connectivity index (χ3v) is 3.27. The number of benzene rings is 1. The van der Waals surface area contributed by atoms with Gasteiger partial charge < -0.3 is 19.7 Å². The SMILES string of the molecule is Cc1cc2c(cc1N(C)CCNC(C)C)OCCO2. The molecule has 0 amide bonds. The Hall–Kier alpha value is -1.42. The van der Waals surface area contributed by atoms with Gasteiger partial charge in [-0.3, -0.25) is 0 Å². The van der Waals surface area contributed by atoms with Gasteiger partial charge in [-0.2, -0.15) is 0 Å². The monoisotopic (exact) mass is 264 g/mol. The largest absolute Gasteiger partial charge is 0.486 e. The predicted molar refractivity (Wildman–Crippen MR) is 78.6 cm³/mol. The zero-order valence-electron chi connectivity index (χ0n) is 12.3. The summed E-state index contributed by atoms with van der Waals surface area (Å²) in [5, 5.41) is 3.43. The van der Waals surface area contributed by atoms with Crippen LogP contribution in [0.3, 0.4) is 0 Å². The van der Waals surface area contributed by atoms with Crippen LogP contribution in [0.25, 0.3) is 0 Å². The van der Waals surface area contributed by atoms with E-state index in [1.54, 1.807) is 0 Å². The third kappa shape index (κ3) is 3.53. The number of nitrogens with one attached hydrogen (secondary N) is 1. The predicted octanol–water partition coefficient (Wildman–Crippen LogP) is 2.20. The van der Waals surface area contributed by atoms with Crippen molar-refractivity contribution in [2.24, 2.45) is 0 Å². The molecule has 0 aliphatic carbocycles. The summed E-state index contributed by atoms with van der Waals surface area (Å²) in [7, 11) is 2.11. The van der Waals surface area contributed by atoms with Gasteiger partial charge in [0.15, 0.2) is 11.5 Å². The van der Waals surface area contributed by atoms with Crippen LogP contribution in [0, 0.1) is 6.92 Å². The molecule has 0 saturated carbocycles. The molecule has 0 bridgehead atoms. The van der Waals surface area contributed by atoms with Gasteiger partial charge in [-0.15, -0.1) is 0 Å². The molecule has 1 aromatic carbocycles. The Bertz CT molecular complexity index is 432. The molecule has 1 N–H and O–H groups in total. The average molecular weight is 264 g/mol. The molecular formula is C15H24N2O2. The number of aryl methyl sites for hydroxylation is 1. The van der Waals surface area contributed by atoms with E-state index in [1.165, 1.54) is 11.3 Å². The van der Waals surface area contributed by atoms with Crippen LogP contribution in [0.1, 0.15) is 19.4 Å². The molecule has 0 saturated heterocycles. The molecule has 0 aromatic heterocycles. The first-order valence-corrected chi connectivity index (χ1v) is 6.92. The minimum Gasteiger partial charge on any atom is -0.486 e. The van der Waals surface area contributed by atoms with Crippen molar-refractivity contribution in [3.8, 4) is 11.5 Å². The van der Waals surface area contributed by atoms with E-state index in [1.807, 2.05) is 0 Å². The van der Waals surface area contributed by atoms with Crippen molar-refractivity contribution in [3.05, 3.63) is 17.7 Å². The zero-order valence-corrected chi connectivity index (χ0v) is 12.3.